The molecule has 0 spiro atoms. The van der Waals surface area contributed by atoms with Crippen LogP contribution in [0.1, 0.15) is 12.5 Å². The van der Waals surface area contributed by atoms with E-state index in [0.29, 0.717) is 17.8 Å². The average Bonchev–Trinajstić information content (AvgIpc) is 2.15. The molecule has 3 N–H and O–H groups in total. The van der Waals surface area contributed by atoms with Crippen LogP contribution in [0, 0.1) is 6.92 Å². The third-order valence-electron chi connectivity index (χ3n) is 2.23. The first-order valence-corrected chi connectivity index (χ1v) is 6.87. The lowest BCUT2D eigenvalue weighted by Gasteiger charge is -2.08. The molecule has 1 amide bonds. The molecular weight excluding hydrogens is 240 g/mol. The van der Waals surface area contributed by atoms with Gasteiger partial charge in [-0.3, -0.25) is 4.79 Å². The Labute approximate surface area is 101 Å². The molecule has 1 aromatic carbocycles. The van der Waals surface area contributed by atoms with Gasteiger partial charge in [-0.2, -0.15) is 0 Å². The second-order valence-corrected chi connectivity index (χ2v) is 5.70. The van der Waals surface area contributed by atoms with Gasteiger partial charge in [0.2, 0.25) is 5.91 Å². The number of nitrogen functional groups attached to an aromatic ring is 1. The van der Waals surface area contributed by atoms with Gasteiger partial charge in [0.25, 0.3) is 0 Å². The summed E-state index contributed by atoms with van der Waals surface area (Å²) in [6.07, 6.45) is 0. The number of anilines is 1. The summed E-state index contributed by atoms with van der Waals surface area (Å²) in [5.74, 6) is -1.03. The lowest BCUT2D eigenvalue weighted by atomic mass is 10.2. The molecule has 5 nitrogen and oxygen atoms in total. The van der Waals surface area contributed by atoms with Crippen LogP contribution in [0.3, 0.4) is 0 Å². The molecule has 0 fully saturated rings. The molecule has 94 valence electrons. The van der Waals surface area contributed by atoms with E-state index >= 15 is 0 Å². The van der Waals surface area contributed by atoms with E-state index in [0.717, 1.165) is 0 Å². The lowest BCUT2D eigenvalue weighted by Crippen LogP contribution is -2.30. The van der Waals surface area contributed by atoms with Crippen molar-refractivity contribution in [2.75, 3.05) is 18.0 Å². The Bertz CT molecular complexity index is 524. The van der Waals surface area contributed by atoms with E-state index < -0.39 is 21.5 Å². The van der Waals surface area contributed by atoms with Gasteiger partial charge in [-0.15, -0.1) is 0 Å². The lowest BCUT2D eigenvalue weighted by molar-refractivity contribution is -0.118. The first kappa shape index (κ1) is 13.5. The minimum atomic E-state index is -3.60. The van der Waals surface area contributed by atoms with Crippen molar-refractivity contribution in [1.82, 2.24) is 5.32 Å². The summed E-state index contributed by atoms with van der Waals surface area (Å²) in [5, 5.41) is 2.46. The molecule has 0 aliphatic heterocycles. The average molecular weight is 256 g/mol. The monoisotopic (exact) mass is 256 g/mol. The van der Waals surface area contributed by atoms with Gasteiger partial charge in [-0.1, -0.05) is 0 Å². The molecule has 0 unspecified atom stereocenters. The van der Waals surface area contributed by atoms with Crippen molar-refractivity contribution in [2.24, 2.45) is 0 Å². The predicted octanol–water partition coefficient (Wildman–Crippen LogP) is 0.487. The number of hydrogen-bond donors (Lipinski definition) is 2. The Morgan fingerprint density at radius 3 is 2.59 bits per heavy atom. The first-order chi connectivity index (χ1) is 7.86. The van der Waals surface area contributed by atoms with E-state index in [1.807, 2.05) is 0 Å². The SMILES string of the molecule is CCNC(=O)CS(=O)(=O)c1ccc(N)cc1C. The number of hydrogen-bond acceptors (Lipinski definition) is 4. The zero-order valence-electron chi connectivity index (χ0n) is 9.86. The number of aryl methyl sites for hydroxylation is 1. The number of nitrogens with one attached hydrogen (secondary N) is 1. The van der Waals surface area contributed by atoms with E-state index in [1.54, 1.807) is 19.9 Å². The van der Waals surface area contributed by atoms with E-state index in [1.165, 1.54) is 12.1 Å². The molecule has 0 aromatic heterocycles. The van der Waals surface area contributed by atoms with Gasteiger partial charge in [-0.25, -0.2) is 8.42 Å². The Morgan fingerprint density at radius 2 is 2.06 bits per heavy atom. The predicted molar refractivity (Wildman–Crippen MR) is 66.3 cm³/mol. The molecule has 0 saturated heterocycles. The standard InChI is InChI=1S/C11H16N2O3S/c1-3-13-11(14)7-17(15,16)10-5-4-9(12)6-8(10)2/h4-6H,3,7,12H2,1-2H3,(H,13,14). The molecule has 0 aliphatic rings. The highest BCUT2D eigenvalue weighted by molar-refractivity contribution is 7.92. The molecule has 0 aliphatic carbocycles. The quantitative estimate of drug-likeness (QED) is 0.767. The van der Waals surface area contributed by atoms with Crippen molar-refractivity contribution in [1.29, 1.82) is 0 Å². The van der Waals surface area contributed by atoms with Crippen LogP contribution in [-0.4, -0.2) is 26.6 Å². The maximum Gasteiger partial charge on any atom is 0.235 e. The highest BCUT2D eigenvalue weighted by Gasteiger charge is 2.20. The number of sulfone groups is 1. The van der Waals surface area contributed by atoms with Crippen LogP contribution >= 0.6 is 0 Å². The van der Waals surface area contributed by atoms with Crippen LogP contribution in [0.15, 0.2) is 23.1 Å². The third-order valence-corrected chi connectivity index (χ3v) is 4.00. The summed E-state index contributed by atoms with van der Waals surface area (Å²) in [4.78, 5) is 11.4. The summed E-state index contributed by atoms with van der Waals surface area (Å²) in [7, 11) is -3.60. The fourth-order valence-electron chi connectivity index (χ4n) is 1.52. The van der Waals surface area contributed by atoms with Gasteiger partial charge >= 0.3 is 0 Å². The number of nitrogens with two attached hydrogens (primary N) is 1. The molecule has 0 bridgehead atoms. The fourth-order valence-corrected chi connectivity index (χ4v) is 2.95. The molecule has 6 heteroatoms. The van der Waals surface area contributed by atoms with Gasteiger partial charge < -0.3 is 11.1 Å². The zero-order valence-corrected chi connectivity index (χ0v) is 10.7. The normalized spacial score (nSPS) is 11.2. The molecule has 0 heterocycles. The van der Waals surface area contributed by atoms with Gasteiger partial charge in [0.15, 0.2) is 9.84 Å². The highest BCUT2D eigenvalue weighted by atomic mass is 32.2. The van der Waals surface area contributed by atoms with Crippen LogP contribution in [0.2, 0.25) is 0 Å². The topological polar surface area (TPSA) is 89.3 Å². The first-order valence-electron chi connectivity index (χ1n) is 5.22. The number of carbonyl (C=O) groups excluding carboxylic acids is 1. The summed E-state index contributed by atoms with van der Waals surface area (Å²) >= 11 is 0. The van der Waals surface area contributed by atoms with Crippen molar-refractivity contribution in [3.8, 4) is 0 Å². The molecular formula is C11H16N2O3S. The molecule has 17 heavy (non-hydrogen) atoms. The molecule has 1 rings (SSSR count). The fraction of sp³-hybridized carbons (Fsp3) is 0.364. The summed E-state index contributed by atoms with van der Waals surface area (Å²) in [6, 6.07) is 4.52. The second kappa shape index (κ2) is 5.18. The van der Waals surface area contributed by atoms with Crippen LogP contribution in [0.4, 0.5) is 5.69 Å². The van der Waals surface area contributed by atoms with E-state index in [-0.39, 0.29) is 4.90 Å². The van der Waals surface area contributed by atoms with E-state index in [9.17, 15) is 13.2 Å². The van der Waals surface area contributed by atoms with Gasteiger partial charge in [-0.05, 0) is 37.6 Å². The molecule has 1 aromatic rings. The van der Waals surface area contributed by atoms with Gasteiger partial charge in [0.05, 0.1) is 4.90 Å². The number of amides is 1. The number of carbonyl (C=O) groups is 1. The smallest absolute Gasteiger partial charge is 0.235 e. The maximum absolute atomic E-state index is 11.9. The molecule has 0 atom stereocenters. The van der Waals surface area contributed by atoms with Crippen molar-refractivity contribution in [2.45, 2.75) is 18.7 Å². The Morgan fingerprint density at radius 1 is 1.41 bits per heavy atom. The number of rotatable bonds is 4. The van der Waals surface area contributed by atoms with E-state index in [2.05, 4.69) is 5.32 Å². The minimum Gasteiger partial charge on any atom is -0.399 e. The van der Waals surface area contributed by atoms with E-state index in [4.69, 9.17) is 5.73 Å². The Balaban J connectivity index is 3.01. The maximum atomic E-state index is 11.9. The Kier molecular flexibility index (Phi) is 4.11. The second-order valence-electron chi connectivity index (χ2n) is 3.74. The van der Waals surface area contributed by atoms with Crippen LogP contribution in [-0.2, 0) is 14.6 Å². The van der Waals surface area contributed by atoms with Crippen molar-refractivity contribution < 1.29 is 13.2 Å². The molecule has 0 radical (unpaired) electrons. The largest absolute Gasteiger partial charge is 0.399 e. The van der Waals surface area contributed by atoms with Gasteiger partial charge in [0.1, 0.15) is 5.75 Å². The summed E-state index contributed by atoms with van der Waals surface area (Å²) in [6.45, 7) is 3.80. The minimum absolute atomic E-state index is 0.151. The van der Waals surface area contributed by atoms with Crippen molar-refractivity contribution >= 4 is 21.4 Å². The van der Waals surface area contributed by atoms with Crippen LogP contribution in [0.5, 0.6) is 0 Å². The third kappa shape index (κ3) is 3.45. The van der Waals surface area contributed by atoms with Gasteiger partial charge in [0, 0.05) is 12.2 Å². The van der Waals surface area contributed by atoms with Crippen LogP contribution < -0.4 is 11.1 Å². The Hall–Kier alpha value is -1.56. The summed E-state index contributed by atoms with van der Waals surface area (Å²) in [5.41, 5.74) is 6.60. The number of benzene rings is 1. The highest BCUT2D eigenvalue weighted by Crippen LogP contribution is 2.19. The molecule has 0 saturated carbocycles. The van der Waals surface area contributed by atoms with Crippen LogP contribution in [0.25, 0.3) is 0 Å². The van der Waals surface area contributed by atoms with Crippen molar-refractivity contribution in [3.63, 3.8) is 0 Å². The van der Waals surface area contributed by atoms with Crippen molar-refractivity contribution in [3.05, 3.63) is 23.8 Å². The summed E-state index contributed by atoms with van der Waals surface area (Å²) < 4.78 is 23.9. The zero-order chi connectivity index (χ0) is 13.1.